The predicted molar refractivity (Wildman–Crippen MR) is 71.1 cm³/mol. The molecule has 1 aromatic carbocycles. The third-order valence-electron chi connectivity index (χ3n) is 3.65. The highest BCUT2D eigenvalue weighted by Crippen LogP contribution is 2.25. The predicted octanol–water partition coefficient (Wildman–Crippen LogP) is 1.80. The van der Waals surface area contributed by atoms with E-state index in [1.165, 1.54) is 7.11 Å². The number of carbonyl (C=O) groups is 1. The van der Waals surface area contributed by atoms with Crippen LogP contribution in [0, 0.1) is 23.2 Å². The number of carbonyl (C=O) groups excluding carboxylic acids is 1. The van der Waals surface area contributed by atoms with Gasteiger partial charge in [-0.1, -0.05) is 19.1 Å². The summed E-state index contributed by atoms with van der Waals surface area (Å²) in [5, 5.41) is 8.89. The van der Waals surface area contributed by atoms with E-state index in [1.54, 1.807) is 6.07 Å². The first-order valence-corrected chi connectivity index (χ1v) is 6.43. The van der Waals surface area contributed by atoms with Crippen LogP contribution in [0.3, 0.4) is 0 Å². The lowest BCUT2D eigenvalue weighted by molar-refractivity contribution is -0.146. The molecule has 0 amide bonds. The first-order chi connectivity index (χ1) is 9.13. The number of hydrogen-bond donors (Lipinski definition) is 0. The van der Waals surface area contributed by atoms with Crippen molar-refractivity contribution in [1.29, 1.82) is 5.26 Å². The number of ether oxygens (including phenoxy) is 1. The molecular weight excluding hydrogens is 240 g/mol. The molecule has 0 aromatic heterocycles. The summed E-state index contributed by atoms with van der Waals surface area (Å²) in [5.41, 5.74) is 1.78. The third-order valence-corrected chi connectivity index (χ3v) is 3.65. The summed E-state index contributed by atoms with van der Waals surface area (Å²) >= 11 is 0. The Balaban J connectivity index is 2.01. The summed E-state index contributed by atoms with van der Waals surface area (Å²) in [6.07, 6.45) is 0. The van der Waals surface area contributed by atoms with Gasteiger partial charge >= 0.3 is 5.97 Å². The van der Waals surface area contributed by atoms with Gasteiger partial charge in [-0.05, 0) is 23.6 Å². The number of methoxy groups -OCH3 is 1. The SMILES string of the molecule is COC(=O)C1CN(Cc2cccc(C#N)c2)CC1C. The fourth-order valence-corrected chi connectivity index (χ4v) is 2.65. The number of nitriles is 1. The van der Waals surface area contributed by atoms with E-state index in [1.807, 2.05) is 18.2 Å². The summed E-state index contributed by atoms with van der Waals surface area (Å²) in [6.45, 7) is 4.46. The number of nitrogens with zero attached hydrogens (tertiary/aromatic N) is 2. The minimum atomic E-state index is -0.124. The topological polar surface area (TPSA) is 53.3 Å². The zero-order valence-electron chi connectivity index (χ0n) is 11.3. The molecule has 2 unspecified atom stereocenters. The number of hydrogen-bond acceptors (Lipinski definition) is 4. The summed E-state index contributed by atoms with van der Waals surface area (Å²) in [7, 11) is 1.44. The molecule has 4 heteroatoms. The van der Waals surface area contributed by atoms with Crippen molar-refractivity contribution in [2.45, 2.75) is 13.5 Å². The van der Waals surface area contributed by atoms with Gasteiger partial charge in [0.15, 0.2) is 0 Å². The summed E-state index contributed by atoms with van der Waals surface area (Å²) < 4.78 is 4.83. The van der Waals surface area contributed by atoms with Crippen molar-refractivity contribution in [3.8, 4) is 6.07 Å². The van der Waals surface area contributed by atoms with Crippen LogP contribution in [-0.2, 0) is 16.1 Å². The molecule has 0 spiro atoms. The van der Waals surface area contributed by atoms with Gasteiger partial charge in [0.1, 0.15) is 0 Å². The van der Waals surface area contributed by atoms with Gasteiger partial charge in [-0.3, -0.25) is 9.69 Å². The van der Waals surface area contributed by atoms with Crippen molar-refractivity contribution in [3.63, 3.8) is 0 Å². The van der Waals surface area contributed by atoms with Crippen LogP contribution in [0.15, 0.2) is 24.3 Å². The normalized spacial score (nSPS) is 23.0. The van der Waals surface area contributed by atoms with Gasteiger partial charge in [-0.15, -0.1) is 0 Å². The van der Waals surface area contributed by atoms with Crippen LogP contribution in [0.25, 0.3) is 0 Å². The Morgan fingerprint density at radius 3 is 3.00 bits per heavy atom. The second kappa shape index (κ2) is 5.85. The monoisotopic (exact) mass is 258 g/mol. The van der Waals surface area contributed by atoms with Crippen molar-refractivity contribution >= 4 is 5.97 Å². The van der Waals surface area contributed by atoms with Gasteiger partial charge in [-0.25, -0.2) is 0 Å². The molecule has 0 radical (unpaired) electrons. The Labute approximate surface area is 113 Å². The summed E-state index contributed by atoms with van der Waals surface area (Å²) in [4.78, 5) is 13.9. The van der Waals surface area contributed by atoms with Gasteiger partial charge in [0.2, 0.25) is 0 Å². The van der Waals surface area contributed by atoms with Crippen LogP contribution in [0.2, 0.25) is 0 Å². The van der Waals surface area contributed by atoms with Crippen molar-refractivity contribution in [2.24, 2.45) is 11.8 Å². The van der Waals surface area contributed by atoms with Crippen LogP contribution >= 0.6 is 0 Å². The van der Waals surface area contributed by atoms with Crippen molar-refractivity contribution < 1.29 is 9.53 Å². The van der Waals surface area contributed by atoms with Crippen LogP contribution in [0.1, 0.15) is 18.1 Å². The molecule has 2 atom stereocenters. The van der Waals surface area contributed by atoms with Crippen LogP contribution in [0.5, 0.6) is 0 Å². The highest BCUT2D eigenvalue weighted by atomic mass is 16.5. The van der Waals surface area contributed by atoms with E-state index in [2.05, 4.69) is 17.9 Å². The third kappa shape index (κ3) is 3.12. The smallest absolute Gasteiger partial charge is 0.310 e. The average molecular weight is 258 g/mol. The molecule has 1 fully saturated rings. The molecule has 1 aliphatic rings. The quantitative estimate of drug-likeness (QED) is 0.776. The molecule has 1 aliphatic heterocycles. The fourth-order valence-electron chi connectivity index (χ4n) is 2.65. The fraction of sp³-hybridized carbons (Fsp3) is 0.467. The molecule has 2 rings (SSSR count). The van der Waals surface area contributed by atoms with E-state index >= 15 is 0 Å². The van der Waals surface area contributed by atoms with E-state index in [0.717, 1.165) is 25.2 Å². The minimum absolute atomic E-state index is 0.0378. The summed E-state index contributed by atoms with van der Waals surface area (Å²) in [5.74, 6) is 0.150. The van der Waals surface area contributed by atoms with E-state index in [-0.39, 0.29) is 11.9 Å². The second-order valence-corrected chi connectivity index (χ2v) is 5.11. The van der Waals surface area contributed by atoms with Crippen molar-refractivity contribution in [1.82, 2.24) is 4.90 Å². The second-order valence-electron chi connectivity index (χ2n) is 5.11. The maximum absolute atomic E-state index is 11.6. The number of esters is 1. The highest BCUT2D eigenvalue weighted by molar-refractivity contribution is 5.73. The maximum Gasteiger partial charge on any atom is 0.310 e. The molecule has 1 saturated heterocycles. The van der Waals surface area contributed by atoms with Crippen LogP contribution < -0.4 is 0 Å². The Morgan fingerprint density at radius 1 is 1.53 bits per heavy atom. The number of benzene rings is 1. The lowest BCUT2D eigenvalue weighted by Gasteiger charge is -2.15. The standard InChI is InChI=1S/C15H18N2O2/c1-11-8-17(10-14(11)15(18)19-2)9-13-5-3-4-12(6-13)7-16/h3-6,11,14H,8-10H2,1-2H3. The lowest BCUT2D eigenvalue weighted by Crippen LogP contribution is -2.24. The Bertz CT molecular complexity index is 507. The van der Waals surface area contributed by atoms with Gasteiger partial charge in [-0.2, -0.15) is 5.26 Å². The lowest BCUT2D eigenvalue weighted by atomic mass is 9.99. The van der Waals surface area contributed by atoms with E-state index in [4.69, 9.17) is 10.00 Å². The van der Waals surface area contributed by atoms with E-state index in [0.29, 0.717) is 11.5 Å². The molecule has 0 saturated carbocycles. The van der Waals surface area contributed by atoms with Gasteiger partial charge < -0.3 is 4.74 Å². The van der Waals surface area contributed by atoms with E-state index in [9.17, 15) is 4.79 Å². The molecule has 100 valence electrons. The average Bonchev–Trinajstić information content (AvgIpc) is 2.79. The van der Waals surface area contributed by atoms with Gasteiger partial charge in [0.25, 0.3) is 0 Å². The minimum Gasteiger partial charge on any atom is -0.469 e. The Hall–Kier alpha value is -1.86. The Morgan fingerprint density at radius 2 is 2.32 bits per heavy atom. The van der Waals surface area contributed by atoms with Gasteiger partial charge in [0.05, 0.1) is 24.7 Å². The zero-order valence-corrected chi connectivity index (χ0v) is 11.3. The first-order valence-electron chi connectivity index (χ1n) is 6.43. The van der Waals surface area contributed by atoms with Crippen LogP contribution in [0.4, 0.5) is 0 Å². The molecule has 0 N–H and O–H groups in total. The van der Waals surface area contributed by atoms with Crippen molar-refractivity contribution in [2.75, 3.05) is 20.2 Å². The van der Waals surface area contributed by atoms with Gasteiger partial charge in [0, 0.05) is 19.6 Å². The molecule has 0 bridgehead atoms. The number of likely N-dealkylation sites (tertiary alicyclic amines) is 1. The first kappa shape index (κ1) is 13.6. The maximum atomic E-state index is 11.6. The summed E-state index contributed by atoms with van der Waals surface area (Å²) in [6, 6.07) is 9.75. The molecule has 0 aliphatic carbocycles. The largest absolute Gasteiger partial charge is 0.469 e. The molecular formula is C15H18N2O2. The molecule has 1 aromatic rings. The Kier molecular flexibility index (Phi) is 4.18. The molecule has 19 heavy (non-hydrogen) atoms. The van der Waals surface area contributed by atoms with Crippen LogP contribution in [-0.4, -0.2) is 31.1 Å². The number of rotatable bonds is 3. The van der Waals surface area contributed by atoms with Crippen molar-refractivity contribution in [3.05, 3.63) is 35.4 Å². The zero-order chi connectivity index (χ0) is 13.8. The molecule has 1 heterocycles. The molecule has 4 nitrogen and oxygen atoms in total. The van der Waals surface area contributed by atoms with E-state index < -0.39 is 0 Å². The highest BCUT2D eigenvalue weighted by Gasteiger charge is 2.35.